The van der Waals surface area contributed by atoms with E-state index in [-0.39, 0.29) is 28.7 Å². The number of methoxy groups -OCH3 is 1. The molecule has 0 aliphatic carbocycles. The molecule has 9 nitrogen and oxygen atoms in total. The number of Topliss-reactive ketones (excluding diaryl/α,β-unsaturated/α-hetero) is 1. The first-order chi connectivity index (χ1) is 18.7. The Hall–Kier alpha value is -4.63. The number of ketones is 1. The number of aromatic nitrogens is 1. The number of nitrogens with zero attached hydrogens (tertiary/aromatic N) is 2. The molecule has 0 fully saturated rings. The van der Waals surface area contributed by atoms with Crippen LogP contribution < -0.4 is 9.64 Å². The predicted molar refractivity (Wildman–Crippen MR) is 143 cm³/mol. The Balaban J connectivity index is 1.62. The van der Waals surface area contributed by atoms with Crippen molar-refractivity contribution in [3.63, 3.8) is 0 Å². The number of carbonyl (C=O) groups is 3. The van der Waals surface area contributed by atoms with E-state index in [1.165, 1.54) is 30.3 Å². The molecular weight excluding hydrogens is 524 g/mol. The molecule has 3 heterocycles. The van der Waals surface area contributed by atoms with Gasteiger partial charge in [0.25, 0.3) is 5.91 Å². The quantitative estimate of drug-likeness (QED) is 0.227. The molecule has 0 bridgehead atoms. The maximum atomic E-state index is 13.9. The highest BCUT2D eigenvalue weighted by molar-refractivity contribution is 6.31. The highest BCUT2D eigenvalue weighted by atomic mass is 35.5. The molecule has 1 amide bonds. The predicted octanol–water partition coefficient (Wildman–Crippen LogP) is 5.84. The van der Waals surface area contributed by atoms with Crippen molar-refractivity contribution in [2.24, 2.45) is 0 Å². The third-order valence-electron chi connectivity index (χ3n) is 6.15. The highest BCUT2D eigenvalue weighted by Gasteiger charge is 2.45. The molecule has 1 unspecified atom stereocenters. The Morgan fingerprint density at radius 2 is 1.92 bits per heavy atom. The third kappa shape index (κ3) is 4.72. The fourth-order valence-electron chi connectivity index (χ4n) is 4.50. The van der Waals surface area contributed by atoms with Gasteiger partial charge in [-0.3, -0.25) is 19.5 Å². The molecule has 0 radical (unpaired) electrons. The molecule has 10 heteroatoms. The van der Waals surface area contributed by atoms with Crippen LogP contribution in [0.3, 0.4) is 0 Å². The maximum absolute atomic E-state index is 13.9. The number of halogens is 1. The molecule has 39 heavy (non-hydrogen) atoms. The highest BCUT2D eigenvalue weighted by Crippen LogP contribution is 2.43. The zero-order valence-electron chi connectivity index (χ0n) is 21.2. The van der Waals surface area contributed by atoms with E-state index in [0.29, 0.717) is 27.3 Å². The first-order valence-corrected chi connectivity index (χ1v) is 12.4. The fourth-order valence-corrected chi connectivity index (χ4v) is 4.72. The lowest BCUT2D eigenvalue weighted by Gasteiger charge is -2.26. The van der Waals surface area contributed by atoms with Gasteiger partial charge >= 0.3 is 5.97 Å². The molecule has 5 rings (SSSR count). The molecule has 1 atom stereocenters. The molecule has 1 aliphatic heterocycles. The number of ether oxygens (including phenoxy) is 2. The van der Waals surface area contributed by atoms with Gasteiger partial charge in [-0.1, -0.05) is 23.7 Å². The Morgan fingerprint density at radius 1 is 1.13 bits per heavy atom. The van der Waals surface area contributed by atoms with Crippen molar-refractivity contribution in [2.75, 3.05) is 12.0 Å². The summed E-state index contributed by atoms with van der Waals surface area (Å²) in [7, 11) is 1.44. The second-order valence-corrected chi connectivity index (χ2v) is 9.53. The minimum atomic E-state index is -1.06. The number of furan rings is 1. The number of aliphatic hydroxyl groups excluding tert-OH is 1. The number of fused-ring (bicyclic) bond motifs is 1. The Labute approximate surface area is 228 Å². The van der Waals surface area contributed by atoms with Crippen molar-refractivity contribution in [3.05, 3.63) is 100 Å². The van der Waals surface area contributed by atoms with Crippen LogP contribution in [0.25, 0.3) is 11.0 Å². The van der Waals surface area contributed by atoms with Crippen molar-refractivity contribution < 1.29 is 33.4 Å². The van der Waals surface area contributed by atoms with Crippen LogP contribution in [0, 0.1) is 0 Å². The number of pyridine rings is 1. The SMILES string of the molecule is COc1cc(Cl)cc2cc(C(=O)C3=C(O)C(=O)N(c4cccc(C(=O)OC(C)C)c4)C3c3cccnc3)oc12. The summed E-state index contributed by atoms with van der Waals surface area (Å²) in [4.78, 5) is 45.3. The van der Waals surface area contributed by atoms with Gasteiger partial charge in [0.15, 0.2) is 22.9 Å². The summed E-state index contributed by atoms with van der Waals surface area (Å²) in [6.07, 6.45) is 2.70. The molecule has 198 valence electrons. The summed E-state index contributed by atoms with van der Waals surface area (Å²) in [5.41, 5.74) is 1.04. The van der Waals surface area contributed by atoms with Crippen molar-refractivity contribution in [1.82, 2.24) is 4.98 Å². The van der Waals surface area contributed by atoms with Crippen molar-refractivity contribution in [2.45, 2.75) is 26.0 Å². The third-order valence-corrected chi connectivity index (χ3v) is 6.36. The number of aliphatic hydroxyl groups is 1. The van der Waals surface area contributed by atoms with Gasteiger partial charge < -0.3 is 19.0 Å². The monoisotopic (exact) mass is 546 g/mol. The number of esters is 1. The number of amides is 1. The van der Waals surface area contributed by atoms with Crippen molar-refractivity contribution in [3.8, 4) is 5.75 Å². The van der Waals surface area contributed by atoms with E-state index in [4.69, 9.17) is 25.5 Å². The first-order valence-electron chi connectivity index (χ1n) is 12.0. The van der Waals surface area contributed by atoms with Crippen LogP contribution in [0.4, 0.5) is 5.69 Å². The van der Waals surface area contributed by atoms with Gasteiger partial charge in [-0.25, -0.2) is 4.79 Å². The lowest BCUT2D eigenvalue weighted by Crippen LogP contribution is -2.31. The van der Waals surface area contributed by atoms with Gasteiger partial charge in [-0.2, -0.15) is 0 Å². The average molecular weight is 547 g/mol. The van der Waals surface area contributed by atoms with E-state index in [0.717, 1.165) is 0 Å². The van der Waals surface area contributed by atoms with Crippen molar-refractivity contribution in [1.29, 1.82) is 0 Å². The molecule has 0 saturated carbocycles. The van der Waals surface area contributed by atoms with Crippen LogP contribution in [-0.4, -0.2) is 41.0 Å². The minimum absolute atomic E-state index is 0.120. The van der Waals surface area contributed by atoms with E-state index in [1.54, 1.807) is 62.5 Å². The van der Waals surface area contributed by atoms with Crippen LogP contribution >= 0.6 is 11.6 Å². The van der Waals surface area contributed by atoms with Gasteiger partial charge in [-0.15, -0.1) is 0 Å². The molecule has 2 aromatic heterocycles. The van der Waals surface area contributed by atoms with Gasteiger partial charge in [-0.05, 0) is 55.8 Å². The van der Waals surface area contributed by atoms with Crippen LogP contribution in [0.1, 0.15) is 46.4 Å². The second kappa shape index (κ2) is 10.3. The van der Waals surface area contributed by atoms with E-state index < -0.39 is 29.5 Å². The van der Waals surface area contributed by atoms with E-state index >= 15 is 0 Å². The Kier molecular flexibility index (Phi) is 6.84. The number of hydrogen-bond acceptors (Lipinski definition) is 8. The zero-order valence-corrected chi connectivity index (χ0v) is 21.9. The molecule has 0 saturated heterocycles. The number of benzene rings is 2. The van der Waals surface area contributed by atoms with E-state index in [1.807, 2.05) is 0 Å². The number of anilines is 1. The largest absolute Gasteiger partial charge is 0.503 e. The maximum Gasteiger partial charge on any atom is 0.338 e. The van der Waals surface area contributed by atoms with Crippen LogP contribution in [-0.2, 0) is 9.53 Å². The summed E-state index contributed by atoms with van der Waals surface area (Å²) < 4.78 is 16.4. The van der Waals surface area contributed by atoms with Gasteiger partial charge in [0.2, 0.25) is 5.78 Å². The number of rotatable bonds is 7. The van der Waals surface area contributed by atoms with Crippen molar-refractivity contribution >= 4 is 45.9 Å². The van der Waals surface area contributed by atoms with E-state index in [9.17, 15) is 19.5 Å². The summed E-state index contributed by atoms with van der Waals surface area (Å²) in [6.45, 7) is 3.46. The Bertz CT molecular complexity index is 1640. The normalized spacial score (nSPS) is 15.4. The minimum Gasteiger partial charge on any atom is -0.503 e. The van der Waals surface area contributed by atoms with Crippen LogP contribution in [0.5, 0.6) is 5.75 Å². The lowest BCUT2D eigenvalue weighted by molar-refractivity contribution is -0.117. The zero-order chi connectivity index (χ0) is 27.8. The summed E-state index contributed by atoms with van der Waals surface area (Å²) in [5, 5.41) is 11.9. The smallest absolute Gasteiger partial charge is 0.338 e. The molecule has 4 aromatic rings. The molecule has 2 aromatic carbocycles. The van der Waals surface area contributed by atoms with Crippen LogP contribution in [0.15, 0.2) is 82.7 Å². The Morgan fingerprint density at radius 3 is 2.62 bits per heavy atom. The standard InChI is InChI=1S/C29H23ClN2O7/c1-15(2)38-29(36)16-6-4-8-20(11-16)32-24(17-7-5-9-31-14-17)23(26(34)28(32)35)25(33)21-12-18-10-19(30)13-22(37-3)27(18)39-21/h4-15,24,34H,1-3H3. The number of hydrogen-bond donors (Lipinski definition) is 1. The van der Waals surface area contributed by atoms with E-state index in [2.05, 4.69) is 4.98 Å². The number of carbonyl (C=O) groups excluding carboxylic acids is 3. The summed E-state index contributed by atoms with van der Waals surface area (Å²) >= 11 is 6.17. The lowest BCUT2D eigenvalue weighted by atomic mass is 9.95. The summed E-state index contributed by atoms with van der Waals surface area (Å²) in [5.74, 6) is -2.63. The fraction of sp³-hybridized carbons (Fsp3) is 0.172. The average Bonchev–Trinajstić information content (AvgIpc) is 3.46. The molecule has 0 spiro atoms. The van der Waals surface area contributed by atoms with Crippen LogP contribution in [0.2, 0.25) is 5.02 Å². The second-order valence-electron chi connectivity index (χ2n) is 9.10. The van der Waals surface area contributed by atoms with Gasteiger partial charge in [0.1, 0.15) is 0 Å². The topological polar surface area (TPSA) is 119 Å². The molecular formula is C29H23ClN2O7. The first kappa shape index (κ1) is 26.0. The molecule has 1 N–H and O–H groups in total. The van der Waals surface area contributed by atoms with Gasteiger partial charge in [0.05, 0.1) is 30.4 Å². The molecule has 1 aliphatic rings. The summed E-state index contributed by atoms with van der Waals surface area (Å²) in [6, 6.07) is 13.1. The van der Waals surface area contributed by atoms with Gasteiger partial charge in [0, 0.05) is 34.6 Å².